The average molecular weight is 441 g/mol. The SMILES string of the molecule is CC(C(=O)Nc1sc2c(c1C(N)=O)CCC2)N1CCC(C(=O)Nc2ccccc2)CC1. The minimum absolute atomic E-state index is 0.0298. The van der Waals surface area contributed by atoms with Gasteiger partial charge in [0, 0.05) is 16.5 Å². The van der Waals surface area contributed by atoms with Gasteiger partial charge in [-0.25, -0.2) is 0 Å². The molecule has 2 aliphatic rings. The first-order chi connectivity index (χ1) is 14.9. The zero-order chi connectivity index (χ0) is 22.0. The molecule has 0 radical (unpaired) electrons. The average Bonchev–Trinajstić information content (AvgIpc) is 3.34. The zero-order valence-electron chi connectivity index (χ0n) is 17.6. The maximum absolute atomic E-state index is 12.9. The second-order valence-corrected chi connectivity index (χ2v) is 9.36. The van der Waals surface area contributed by atoms with Crippen LogP contribution in [0.3, 0.4) is 0 Å². The van der Waals surface area contributed by atoms with Gasteiger partial charge < -0.3 is 16.4 Å². The van der Waals surface area contributed by atoms with E-state index in [0.717, 1.165) is 35.4 Å². The minimum Gasteiger partial charge on any atom is -0.365 e. The van der Waals surface area contributed by atoms with E-state index in [2.05, 4.69) is 15.5 Å². The summed E-state index contributed by atoms with van der Waals surface area (Å²) in [6.45, 7) is 3.21. The second kappa shape index (κ2) is 9.20. The van der Waals surface area contributed by atoms with E-state index in [9.17, 15) is 14.4 Å². The molecule has 2 aromatic rings. The van der Waals surface area contributed by atoms with Crippen LogP contribution in [0.5, 0.6) is 0 Å². The van der Waals surface area contributed by atoms with Gasteiger partial charge in [0.25, 0.3) is 5.91 Å². The van der Waals surface area contributed by atoms with E-state index < -0.39 is 5.91 Å². The standard InChI is InChI=1S/C23H28N4O3S/c1-14(21(29)26-23-19(20(24)28)17-8-5-9-18(17)31-23)27-12-10-15(11-13-27)22(30)25-16-6-3-2-4-7-16/h2-4,6-7,14-15H,5,8-13H2,1H3,(H2,24,28)(H,25,30)(H,26,29). The van der Waals surface area contributed by atoms with Gasteiger partial charge in [0.15, 0.2) is 0 Å². The van der Waals surface area contributed by atoms with Gasteiger partial charge in [0.1, 0.15) is 5.00 Å². The number of aryl methyl sites for hydroxylation is 1. The first-order valence-corrected chi connectivity index (χ1v) is 11.6. The molecule has 1 fully saturated rings. The van der Waals surface area contributed by atoms with Crippen LogP contribution in [0.2, 0.25) is 0 Å². The Hall–Kier alpha value is -2.71. The molecule has 0 spiro atoms. The van der Waals surface area contributed by atoms with Crippen LogP contribution in [-0.2, 0) is 22.4 Å². The third-order valence-electron chi connectivity index (χ3n) is 6.27. The molecular formula is C23H28N4O3S. The molecule has 1 aliphatic carbocycles. The predicted molar refractivity (Wildman–Crippen MR) is 122 cm³/mol. The third-order valence-corrected chi connectivity index (χ3v) is 7.48. The number of carbonyl (C=O) groups is 3. The van der Waals surface area contributed by atoms with Crippen molar-refractivity contribution >= 4 is 39.7 Å². The molecule has 31 heavy (non-hydrogen) atoms. The maximum atomic E-state index is 12.9. The van der Waals surface area contributed by atoms with E-state index in [4.69, 9.17) is 5.73 Å². The van der Waals surface area contributed by atoms with E-state index in [-0.39, 0.29) is 23.8 Å². The molecule has 0 bridgehead atoms. The highest BCUT2D eigenvalue weighted by atomic mass is 32.1. The molecule has 1 unspecified atom stereocenters. The molecule has 1 aromatic heterocycles. The Labute approximate surface area is 186 Å². The van der Waals surface area contributed by atoms with Gasteiger partial charge in [-0.1, -0.05) is 18.2 Å². The van der Waals surface area contributed by atoms with Crippen LogP contribution in [0, 0.1) is 5.92 Å². The number of nitrogens with one attached hydrogen (secondary N) is 2. The van der Waals surface area contributed by atoms with Gasteiger partial charge in [-0.3, -0.25) is 19.3 Å². The maximum Gasteiger partial charge on any atom is 0.251 e. The van der Waals surface area contributed by atoms with E-state index in [1.165, 1.54) is 11.3 Å². The fourth-order valence-corrected chi connectivity index (χ4v) is 5.75. The van der Waals surface area contributed by atoms with Crippen LogP contribution in [0.15, 0.2) is 30.3 Å². The van der Waals surface area contributed by atoms with Gasteiger partial charge in [-0.15, -0.1) is 11.3 Å². The largest absolute Gasteiger partial charge is 0.365 e. The predicted octanol–water partition coefficient (Wildman–Crippen LogP) is 3.01. The number of anilines is 2. The number of hydrogen-bond acceptors (Lipinski definition) is 5. The minimum atomic E-state index is -0.479. The summed E-state index contributed by atoms with van der Waals surface area (Å²) in [5.74, 6) is -0.655. The molecule has 4 rings (SSSR count). The van der Waals surface area contributed by atoms with Crippen molar-refractivity contribution < 1.29 is 14.4 Å². The molecule has 1 saturated heterocycles. The number of benzene rings is 1. The first kappa shape index (κ1) is 21.5. The number of likely N-dealkylation sites (tertiary alicyclic amines) is 1. The zero-order valence-corrected chi connectivity index (χ0v) is 18.5. The number of para-hydroxylation sites is 1. The fourth-order valence-electron chi connectivity index (χ4n) is 4.45. The highest BCUT2D eigenvalue weighted by Crippen LogP contribution is 2.39. The van der Waals surface area contributed by atoms with E-state index in [1.54, 1.807) is 0 Å². The lowest BCUT2D eigenvalue weighted by molar-refractivity contribution is -0.123. The fraction of sp³-hybridized carbons (Fsp3) is 0.435. The lowest BCUT2D eigenvalue weighted by Crippen LogP contribution is -2.47. The smallest absolute Gasteiger partial charge is 0.251 e. The van der Waals surface area contributed by atoms with E-state index in [0.29, 0.717) is 36.5 Å². The number of rotatable bonds is 6. The summed E-state index contributed by atoms with van der Waals surface area (Å²) >= 11 is 1.47. The number of nitrogens with two attached hydrogens (primary N) is 1. The summed E-state index contributed by atoms with van der Waals surface area (Å²) in [4.78, 5) is 40.6. The summed E-state index contributed by atoms with van der Waals surface area (Å²) in [7, 11) is 0. The molecule has 0 saturated carbocycles. The Kier molecular flexibility index (Phi) is 6.38. The molecule has 1 aromatic carbocycles. The summed E-state index contributed by atoms with van der Waals surface area (Å²) < 4.78 is 0. The first-order valence-electron chi connectivity index (χ1n) is 10.8. The van der Waals surface area contributed by atoms with Crippen LogP contribution in [-0.4, -0.2) is 41.8 Å². The molecule has 7 nitrogen and oxygen atoms in total. The number of nitrogens with zero attached hydrogens (tertiary/aromatic N) is 1. The summed E-state index contributed by atoms with van der Waals surface area (Å²) in [6.07, 6.45) is 4.21. The number of fused-ring (bicyclic) bond motifs is 1. The van der Waals surface area contributed by atoms with Crippen molar-refractivity contribution in [1.82, 2.24) is 4.90 Å². The van der Waals surface area contributed by atoms with Crippen molar-refractivity contribution in [3.63, 3.8) is 0 Å². The molecule has 2 heterocycles. The number of primary amides is 1. The molecule has 1 atom stereocenters. The van der Waals surface area contributed by atoms with Crippen molar-refractivity contribution in [1.29, 1.82) is 0 Å². The third kappa shape index (κ3) is 4.65. The molecule has 4 N–H and O–H groups in total. The molecular weight excluding hydrogens is 412 g/mol. The molecule has 3 amide bonds. The van der Waals surface area contributed by atoms with Gasteiger partial charge >= 0.3 is 0 Å². The summed E-state index contributed by atoms with van der Waals surface area (Å²) in [6, 6.07) is 9.10. The number of hydrogen-bond donors (Lipinski definition) is 3. The summed E-state index contributed by atoms with van der Waals surface area (Å²) in [5, 5.41) is 6.49. The van der Waals surface area contributed by atoms with Crippen molar-refractivity contribution in [2.75, 3.05) is 23.7 Å². The van der Waals surface area contributed by atoms with Gasteiger partial charge in [-0.05, 0) is 69.8 Å². The highest BCUT2D eigenvalue weighted by molar-refractivity contribution is 7.17. The quantitative estimate of drug-likeness (QED) is 0.642. The number of piperidine rings is 1. The van der Waals surface area contributed by atoms with E-state index >= 15 is 0 Å². The Balaban J connectivity index is 1.33. The number of thiophene rings is 1. The van der Waals surface area contributed by atoms with Gasteiger partial charge in [-0.2, -0.15) is 0 Å². The van der Waals surface area contributed by atoms with Crippen LogP contribution >= 0.6 is 11.3 Å². The lowest BCUT2D eigenvalue weighted by atomic mass is 9.94. The Morgan fingerprint density at radius 1 is 1.10 bits per heavy atom. The van der Waals surface area contributed by atoms with Crippen molar-refractivity contribution in [3.05, 3.63) is 46.3 Å². The normalized spacial score (nSPS) is 17.7. The Morgan fingerprint density at radius 3 is 2.48 bits per heavy atom. The van der Waals surface area contributed by atoms with Crippen molar-refractivity contribution in [2.45, 2.75) is 45.1 Å². The van der Waals surface area contributed by atoms with E-state index in [1.807, 2.05) is 37.3 Å². The van der Waals surface area contributed by atoms with Crippen molar-refractivity contribution in [2.24, 2.45) is 11.7 Å². The van der Waals surface area contributed by atoms with Crippen LogP contribution < -0.4 is 16.4 Å². The van der Waals surface area contributed by atoms with Crippen LogP contribution in [0.4, 0.5) is 10.7 Å². The lowest BCUT2D eigenvalue weighted by Gasteiger charge is -2.34. The Bertz CT molecular complexity index is 980. The molecule has 1 aliphatic heterocycles. The highest BCUT2D eigenvalue weighted by Gasteiger charge is 2.31. The van der Waals surface area contributed by atoms with Crippen LogP contribution in [0.25, 0.3) is 0 Å². The number of carbonyl (C=O) groups excluding carboxylic acids is 3. The van der Waals surface area contributed by atoms with Gasteiger partial charge in [0.05, 0.1) is 11.6 Å². The topological polar surface area (TPSA) is 105 Å². The summed E-state index contributed by atoms with van der Waals surface area (Å²) in [5.41, 5.74) is 7.88. The van der Waals surface area contributed by atoms with Crippen LogP contribution in [0.1, 0.15) is 47.0 Å². The van der Waals surface area contributed by atoms with Gasteiger partial charge in [0.2, 0.25) is 11.8 Å². The number of amides is 3. The molecule has 8 heteroatoms. The van der Waals surface area contributed by atoms with Crippen molar-refractivity contribution in [3.8, 4) is 0 Å². The monoisotopic (exact) mass is 440 g/mol. The Morgan fingerprint density at radius 2 is 1.81 bits per heavy atom. The molecule has 164 valence electrons. The second-order valence-electron chi connectivity index (χ2n) is 8.26.